The van der Waals surface area contributed by atoms with E-state index in [4.69, 9.17) is 0 Å². The van der Waals surface area contributed by atoms with Crippen LogP contribution in [0.1, 0.15) is 13.3 Å². The fourth-order valence-corrected chi connectivity index (χ4v) is 1.72. The van der Waals surface area contributed by atoms with Gasteiger partial charge >= 0.3 is 0 Å². The SMILES string of the molecule is CC(=O)N1CCNC(CCN(C)C)C1. The van der Waals surface area contributed by atoms with Crippen molar-refractivity contribution in [1.82, 2.24) is 15.1 Å². The third kappa shape index (κ3) is 3.64. The molecule has 0 saturated carbocycles. The number of nitrogens with one attached hydrogen (secondary N) is 1. The quantitative estimate of drug-likeness (QED) is 0.681. The molecule has 0 aromatic heterocycles. The molecule has 0 spiro atoms. The van der Waals surface area contributed by atoms with Crippen molar-refractivity contribution in [3.63, 3.8) is 0 Å². The number of hydrogen-bond acceptors (Lipinski definition) is 3. The first-order valence-corrected chi connectivity index (χ1v) is 5.23. The molecule has 1 saturated heterocycles. The Bertz CT molecular complexity index is 194. The van der Waals surface area contributed by atoms with E-state index in [2.05, 4.69) is 24.3 Å². The van der Waals surface area contributed by atoms with Gasteiger partial charge in [-0.1, -0.05) is 0 Å². The van der Waals surface area contributed by atoms with E-state index in [0.717, 1.165) is 32.6 Å². The van der Waals surface area contributed by atoms with Gasteiger partial charge in [-0.2, -0.15) is 0 Å². The van der Waals surface area contributed by atoms with Crippen molar-refractivity contribution in [2.75, 3.05) is 40.3 Å². The standard InChI is InChI=1S/C10H21N3O/c1-9(14)13-7-5-11-10(8-13)4-6-12(2)3/h10-11H,4-8H2,1-3H3. The van der Waals surface area contributed by atoms with Crippen LogP contribution in [0.4, 0.5) is 0 Å². The Labute approximate surface area is 86.2 Å². The van der Waals surface area contributed by atoms with E-state index in [1.54, 1.807) is 6.92 Å². The Hall–Kier alpha value is -0.610. The maximum Gasteiger partial charge on any atom is 0.219 e. The highest BCUT2D eigenvalue weighted by atomic mass is 16.2. The van der Waals surface area contributed by atoms with Gasteiger partial charge in [0.15, 0.2) is 0 Å². The molecule has 1 unspecified atom stereocenters. The monoisotopic (exact) mass is 199 g/mol. The lowest BCUT2D eigenvalue weighted by Gasteiger charge is -2.33. The highest BCUT2D eigenvalue weighted by Gasteiger charge is 2.20. The van der Waals surface area contributed by atoms with Crippen LogP contribution in [0.5, 0.6) is 0 Å². The fourth-order valence-electron chi connectivity index (χ4n) is 1.72. The number of nitrogens with zero attached hydrogens (tertiary/aromatic N) is 2. The lowest BCUT2D eigenvalue weighted by atomic mass is 10.1. The second-order valence-corrected chi connectivity index (χ2v) is 4.21. The average molecular weight is 199 g/mol. The summed E-state index contributed by atoms with van der Waals surface area (Å²) >= 11 is 0. The third-order valence-electron chi connectivity index (χ3n) is 2.63. The van der Waals surface area contributed by atoms with Crippen molar-refractivity contribution in [3.05, 3.63) is 0 Å². The van der Waals surface area contributed by atoms with E-state index in [1.807, 2.05) is 4.90 Å². The lowest BCUT2D eigenvalue weighted by molar-refractivity contribution is -0.130. The van der Waals surface area contributed by atoms with Gasteiger partial charge in [0.1, 0.15) is 0 Å². The number of amides is 1. The van der Waals surface area contributed by atoms with Crippen molar-refractivity contribution in [2.24, 2.45) is 0 Å². The topological polar surface area (TPSA) is 35.6 Å². The summed E-state index contributed by atoms with van der Waals surface area (Å²) in [6.07, 6.45) is 1.11. The maximum absolute atomic E-state index is 11.2. The first kappa shape index (κ1) is 11.5. The Morgan fingerprint density at radius 2 is 2.29 bits per heavy atom. The molecule has 1 aliphatic rings. The summed E-state index contributed by atoms with van der Waals surface area (Å²) in [4.78, 5) is 15.3. The van der Waals surface area contributed by atoms with Gasteiger partial charge < -0.3 is 15.1 Å². The molecule has 4 nitrogen and oxygen atoms in total. The van der Waals surface area contributed by atoms with Crippen molar-refractivity contribution >= 4 is 5.91 Å². The summed E-state index contributed by atoms with van der Waals surface area (Å²) in [6.45, 7) is 5.37. The van der Waals surface area contributed by atoms with Gasteiger partial charge in [-0.15, -0.1) is 0 Å². The van der Waals surface area contributed by atoms with Crippen LogP contribution in [0, 0.1) is 0 Å². The van der Waals surface area contributed by atoms with Crippen LogP contribution in [-0.2, 0) is 4.79 Å². The largest absolute Gasteiger partial charge is 0.340 e. The van der Waals surface area contributed by atoms with Gasteiger partial charge in [0.05, 0.1) is 0 Å². The molecule has 1 rings (SSSR count). The molecule has 0 radical (unpaired) electrons. The predicted molar refractivity (Wildman–Crippen MR) is 57.2 cm³/mol. The van der Waals surface area contributed by atoms with E-state index >= 15 is 0 Å². The molecule has 0 aromatic rings. The second kappa shape index (κ2) is 5.32. The molecule has 1 fully saturated rings. The number of hydrogen-bond donors (Lipinski definition) is 1. The van der Waals surface area contributed by atoms with Crippen LogP contribution in [0.3, 0.4) is 0 Å². The molecule has 0 aromatic carbocycles. The second-order valence-electron chi connectivity index (χ2n) is 4.21. The van der Waals surface area contributed by atoms with Crippen molar-refractivity contribution in [1.29, 1.82) is 0 Å². The molecule has 14 heavy (non-hydrogen) atoms. The Balaban J connectivity index is 2.29. The van der Waals surface area contributed by atoms with Crippen LogP contribution in [0.2, 0.25) is 0 Å². The minimum atomic E-state index is 0.196. The summed E-state index contributed by atoms with van der Waals surface area (Å²) in [5, 5.41) is 3.44. The van der Waals surface area contributed by atoms with E-state index < -0.39 is 0 Å². The van der Waals surface area contributed by atoms with Crippen LogP contribution in [0.15, 0.2) is 0 Å². The number of carbonyl (C=O) groups excluding carboxylic acids is 1. The minimum absolute atomic E-state index is 0.196. The molecule has 4 heteroatoms. The van der Waals surface area contributed by atoms with E-state index in [9.17, 15) is 4.79 Å². The molecule has 1 atom stereocenters. The Morgan fingerprint density at radius 1 is 1.57 bits per heavy atom. The first-order chi connectivity index (χ1) is 6.59. The van der Waals surface area contributed by atoms with Gasteiger partial charge in [0.25, 0.3) is 0 Å². The normalized spacial score (nSPS) is 22.9. The maximum atomic E-state index is 11.2. The van der Waals surface area contributed by atoms with Gasteiger partial charge in [-0.3, -0.25) is 4.79 Å². The molecule has 82 valence electrons. The molecular weight excluding hydrogens is 178 g/mol. The summed E-state index contributed by atoms with van der Waals surface area (Å²) in [5.41, 5.74) is 0. The van der Waals surface area contributed by atoms with Crippen LogP contribution < -0.4 is 5.32 Å². The van der Waals surface area contributed by atoms with E-state index in [1.165, 1.54) is 0 Å². The van der Waals surface area contributed by atoms with Crippen LogP contribution >= 0.6 is 0 Å². The van der Waals surface area contributed by atoms with E-state index in [0.29, 0.717) is 6.04 Å². The Morgan fingerprint density at radius 3 is 2.86 bits per heavy atom. The number of rotatable bonds is 3. The zero-order valence-corrected chi connectivity index (χ0v) is 9.42. The summed E-state index contributed by atoms with van der Waals surface area (Å²) in [6, 6.07) is 0.468. The highest BCUT2D eigenvalue weighted by Crippen LogP contribution is 2.03. The highest BCUT2D eigenvalue weighted by molar-refractivity contribution is 5.73. The predicted octanol–water partition coefficient (Wildman–Crippen LogP) is -0.242. The molecule has 1 amide bonds. The number of carbonyl (C=O) groups is 1. The Kier molecular flexibility index (Phi) is 4.35. The smallest absolute Gasteiger partial charge is 0.219 e. The van der Waals surface area contributed by atoms with Gasteiger partial charge in [0.2, 0.25) is 5.91 Å². The van der Waals surface area contributed by atoms with E-state index in [-0.39, 0.29) is 5.91 Å². The third-order valence-corrected chi connectivity index (χ3v) is 2.63. The van der Waals surface area contributed by atoms with Gasteiger partial charge in [0, 0.05) is 32.6 Å². The first-order valence-electron chi connectivity index (χ1n) is 5.23. The summed E-state index contributed by atoms with van der Waals surface area (Å²) < 4.78 is 0. The molecule has 1 heterocycles. The molecular formula is C10H21N3O. The van der Waals surface area contributed by atoms with Crippen LogP contribution in [0.25, 0.3) is 0 Å². The lowest BCUT2D eigenvalue weighted by Crippen LogP contribution is -2.52. The zero-order chi connectivity index (χ0) is 10.6. The summed E-state index contributed by atoms with van der Waals surface area (Å²) in [5.74, 6) is 0.196. The molecule has 0 aliphatic carbocycles. The number of piperazine rings is 1. The average Bonchev–Trinajstić information content (AvgIpc) is 2.15. The fraction of sp³-hybridized carbons (Fsp3) is 0.900. The minimum Gasteiger partial charge on any atom is -0.340 e. The molecule has 1 N–H and O–H groups in total. The van der Waals surface area contributed by atoms with Crippen molar-refractivity contribution in [2.45, 2.75) is 19.4 Å². The van der Waals surface area contributed by atoms with Crippen molar-refractivity contribution in [3.8, 4) is 0 Å². The van der Waals surface area contributed by atoms with Gasteiger partial charge in [-0.25, -0.2) is 0 Å². The molecule has 1 aliphatic heterocycles. The zero-order valence-electron chi connectivity index (χ0n) is 9.42. The van der Waals surface area contributed by atoms with Crippen LogP contribution in [-0.4, -0.2) is 62.0 Å². The van der Waals surface area contributed by atoms with Gasteiger partial charge in [-0.05, 0) is 27.1 Å². The van der Waals surface area contributed by atoms with Crippen molar-refractivity contribution < 1.29 is 4.79 Å². The molecule has 0 bridgehead atoms. The summed E-state index contributed by atoms with van der Waals surface area (Å²) in [7, 11) is 4.15.